The van der Waals surface area contributed by atoms with Gasteiger partial charge in [-0.2, -0.15) is 0 Å². The fourth-order valence-electron chi connectivity index (χ4n) is 3.11. The van der Waals surface area contributed by atoms with Crippen molar-refractivity contribution in [2.75, 3.05) is 6.54 Å². The quantitative estimate of drug-likeness (QED) is 0.869. The zero-order valence-electron chi connectivity index (χ0n) is 11.1. The van der Waals surface area contributed by atoms with E-state index in [1.165, 1.54) is 6.07 Å². The molecule has 1 aliphatic rings. The molecule has 2 rings (SSSR count). The van der Waals surface area contributed by atoms with Crippen LogP contribution < -0.4 is 5.73 Å². The van der Waals surface area contributed by atoms with Gasteiger partial charge < -0.3 is 5.73 Å². The van der Waals surface area contributed by atoms with E-state index >= 15 is 0 Å². The molecule has 2 N–H and O–H groups in total. The maximum absolute atomic E-state index is 14.6. The zero-order valence-corrected chi connectivity index (χ0v) is 11.1. The van der Waals surface area contributed by atoms with Gasteiger partial charge >= 0.3 is 0 Å². The molecule has 0 aliphatic heterocycles. The topological polar surface area (TPSA) is 26.0 Å². The molecule has 0 saturated heterocycles. The summed E-state index contributed by atoms with van der Waals surface area (Å²) in [6, 6.07) is 2.95. The molecule has 0 spiro atoms. The van der Waals surface area contributed by atoms with Gasteiger partial charge in [-0.05, 0) is 30.4 Å². The average Bonchev–Trinajstić information content (AvgIpc) is 2.78. The number of hydrogen-bond acceptors (Lipinski definition) is 1. The highest BCUT2D eigenvalue weighted by atomic mass is 19.1. The predicted octanol–water partition coefficient (Wildman–Crippen LogP) is 3.86. The molecule has 0 atom stereocenters. The smallest absolute Gasteiger partial charge is 0.133 e. The maximum atomic E-state index is 14.6. The molecule has 0 heterocycles. The minimum atomic E-state index is -0.487. The van der Waals surface area contributed by atoms with Crippen LogP contribution in [0.25, 0.3) is 0 Å². The van der Waals surface area contributed by atoms with Gasteiger partial charge in [-0.15, -0.1) is 0 Å². The van der Waals surface area contributed by atoms with Crippen molar-refractivity contribution in [3.8, 4) is 0 Å². The molecule has 0 bridgehead atoms. The fraction of sp³-hybridized carbons (Fsp3) is 0.600. The van der Waals surface area contributed by atoms with E-state index in [0.717, 1.165) is 25.7 Å². The van der Waals surface area contributed by atoms with Crippen molar-refractivity contribution in [2.24, 2.45) is 5.73 Å². The first-order valence-corrected chi connectivity index (χ1v) is 6.70. The highest BCUT2D eigenvalue weighted by molar-refractivity contribution is 5.36. The van der Waals surface area contributed by atoms with Gasteiger partial charge in [0.1, 0.15) is 11.6 Å². The van der Waals surface area contributed by atoms with Gasteiger partial charge in [-0.3, -0.25) is 0 Å². The van der Waals surface area contributed by atoms with E-state index in [0.29, 0.717) is 12.1 Å². The zero-order chi connectivity index (χ0) is 13.3. The Hall–Kier alpha value is -0.960. The van der Waals surface area contributed by atoms with Crippen molar-refractivity contribution in [1.29, 1.82) is 0 Å². The van der Waals surface area contributed by atoms with Crippen LogP contribution in [0.2, 0.25) is 0 Å². The minimum absolute atomic E-state index is 0.0561. The Labute approximate surface area is 107 Å². The van der Waals surface area contributed by atoms with Crippen LogP contribution >= 0.6 is 0 Å². The number of halogens is 2. The number of hydrogen-bond donors (Lipinski definition) is 1. The van der Waals surface area contributed by atoms with Gasteiger partial charge in [0.25, 0.3) is 0 Å². The second-order valence-corrected chi connectivity index (χ2v) is 5.67. The van der Waals surface area contributed by atoms with Gasteiger partial charge in [0.2, 0.25) is 0 Å². The third-order valence-corrected chi connectivity index (χ3v) is 4.22. The molecule has 1 nitrogen and oxygen atoms in total. The molecule has 0 amide bonds. The van der Waals surface area contributed by atoms with E-state index in [9.17, 15) is 8.78 Å². The summed E-state index contributed by atoms with van der Waals surface area (Å²) in [5.41, 5.74) is 6.16. The molecule has 0 unspecified atom stereocenters. The summed E-state index contributed by atoms with van der Waals surface area (Å²) in [6.45, 7) is 4.16. The lowest BCUT2D eigenvalue weighted by molar-refractivity contribution is 0.396. The molecule has 0 radical (unpaired) electrons. The van der Waals surface area contributed by atoms with Gasteiger partial charge in [-0.1, -0.05) is 32.8 Å². The van der Waals surface area contributed by atoms with Crippen molar-refractivity contribution in [3.63, 3.8) is 0 Å². The third kappa shape index (κ3) is 2.05. The van der Waals surface area contributed by atoms with Crippen LogP contribution in [0.1, 0.15) is 56.6 Å². The molecule has 1 saturated carbocycles. The molecule has 18 heavy (non-hydrogen) atoms. The van der Waals surface area contributed by atoms with E-state index in [2.05, 4.69) is 0 Å². The summed E-state index contributed by atoms with van der Waals surface area (Å²) in [4.78, 5) is 0. The molecule has 1 fully saturated rings. The van der Waals surface area contributed by atoms with Crippen LogP contribution in [-0.2, 0) is 5.41 Å². The highest BCUT2D eigenvalue weighted by Crippen LogP contribution is 2.43. The van der Waals surface area contributed by atoms with Crippen molar-refractivity contribution >= 4 is 0 Å². The highest BCUT2D eigenvalue weighted by Gasteiger charge is 2.39. The van der Waals surface area contributed by atoms with Crippen molar-refractivity contribution in [2.45, 2.75) is 50.9 Å². The lowest BCUT2D eigenvalue weighted by atomic mass is 9.77. The Morgan fingerprint density at radius 3 is 2.33 bits per heavy atom. The summed E-state index contributed by atoms with van der Waals surface area (Å²) < 4.78 is 28.7. The van der Waals surface area contributed by atoms with Gasteiger partial charge in [0.05, 0.1) is 0 Å². The van der Waals surface area contributed by atoms with Gasteiger partial charge in [0, 0.05) is 17.5 Å². The van der Waals surface area contributed by atoms with Crippen LogP contribution in [0.5, 0.6) is 0 Å². The van der Waals surface area contributed by atoms with Gasteiger partial charge in [-0.25, -0.2) is 8.78 Å². The summed E-state index contributed by atoms with van der Waals surface area (Å²) >= 11 is 0. The SMILES string of the molecule is CC(C)c1ccc(F)c(C2(CN)CCCC2)c1F. The molecule has 1 aromatic carbocycles. The first kappa shape index (κ1) is 13.5. The molecule has 0 aromatic heterocycles. The Morgan fingerprint density at radius 1 is 1.22 bits per heavy atom. The molecular formula is C15H21F2N. The van der Waals surface area contributed by atoms with E-state index in [-0.39, 0.29) is 17.3 Å². The normalized spacial score (nSPS) is 18.6. The minimum Gasteiger partial charge on any atom is -0.330 e. The number of rotatable bonds is 3. The monoisotopic (exact) mass is 253 g/mol. The molecule has 3 heteroatoms. The van der Waals surface area contributed by atoms with Gasteiger partial charge in [0.15, 0.2) is 0 Å². The Bertz CT molecular complexity index is 434. The fourth-order valence-corrected chi connectivity index (χ4v) is 3.11. The van der Waals surface area contributed by atoms with E-state index in [4.69, 9.17) is 5.73 Å². The number of benzene rings is 1. The molecule has 1 aliphatic carbocycles. The third-order valence-electron chi connectivity index (χ3n) is 4.22. The second kappa shape index (κ2) is 4.96. The number of nitrogens with two attached hydrogens (primary N) is 1. The lowest BCUT2D eigenvalue weighted by Crippen LogP contribution is -2.34. The first-order chi connectivity index (χ1) is 8.52. The average molecular weight is 253 g/mol. The van der Waals surface area contributed by atoms with Crippen LogP contribution in [-0.4, -0.2) is 6.54 Å². The summed E-state index contributed by atoms with van der Waals surface area (Å²) in [5.74, 6) is -0.762. The summed E-state index contributed by atoms with van der Waals surface area (Å²) in [7, 11) is 0. The second-order valence-electron chi connectivity index (χ2n) is 5.67. The standard InChI is InChI=1S/C15H21F2N/c1-10(2)11-5-6-12(16)13(14(11)17)15(9-18)7-3-4-8-15/h5-6,10H,3-4,7-9,18H2,1-2H3. The molecule has 1 aromatic rings. The van der Waals surface area contributed by atoms with Crippen molar-refractivity contribution in [1.82, 2.24) is 0 Å². The Kier molecular flexibility index (Phi) is 3.71. The van der Waals surface area contributed by atoms with Crippen molar-refractivity contribution < 1.29 is 8.78 Å². The molecular weight excluding hydrogens is 232 g/mol. The van der Waals surface area contributed by atoms with Crippen LogP contribution in [0, 0.1) is 11.6 Å². The van der Waals surface area contributed by atoms with E-state index in [1.807, 2.05) is 13.8 Å². The Balaban J connectivity index is 2.58. The van der Waals surface area contributed by atoms with Crippen LogP contribution in [0.3, 0.4) is 0 Å². The van der Waals surface area contributed by atoms with Crippen LogP contribution in [0.4, 0.5) is 8.78 Å². The Morgan fingerprint density at radius 2 is 1.83 bits per heavy atom. The van der Waals surface area contributed by atoms with Crippen LogP contribution in [0.15, 0.2) is 12.1 Å². The van der Waals surface area contributed by atoms with E-state index in [1.54, 1.807) is 6.07 Å². The lowest BCUT2D eigenvalue weighted by Gasteiger charge is -2.29. The van der Waals surface area contributed by atoms with E-state index < -0.39 is 11.2 Å². The first-order valence-electron chi connectivity index (χ1n) is 6.70. The molecule has 100 valence electrons. The predicted molar refractivity (Wildman–Crippen MR) is 69.6 cm³/mol. The summed E-state index contributed by atoms with van der Waals surface area (Å²) in [5, 5.41) is 0. The summed E-state index contributed by atoms with van der Waals surface area (Å²) in [6.07, 6.45) is 3.59. The largest absolute Gasteiger partial charge is 0.330 e. The van der Waals surface area contributed by atoms with Crippen molar-refractivity contribution in [3.05, 3.63) is 34.9 Å². The maximum Gasteiger partial charge on any atom is 0.133 e.